The van der Waals surface area contributed by atoms with Crippen molar-refractivity contribution in [3.63, 3.8) is 0 Å². The van der Waals surface area contributed by atoms with Crippen molar-refractivity contribution in [1.29, 1.82) is 0 Å². The lowest BCUT2D eigenvalue weighted by Gasteiger charge is -2.25. The minimum absolute atomic E-state index is 0.359. The summed E-state index contributed by atoms with van der Waals surface area (Å²) in [5, 5.41) is 3.09. The molecule has 2 rings (SSSR count). The lowest BCUT2D eigenvalue weighted by molar-refractivity contribution is -0.112. The summed E-state index contributed by atoms with van der Waals surface area (Å²) in [6, 6.07) is 3.38. The number of halogens is 1. The van der Waals surface area contributed by atoms with E-state index in [2.05, 4.69) is 22.0 Å². The number of nitrogens with zero attached hydrogens (tertiary/aromatic N) is 2. The highest BCUT2D eigenvalue weighted by Crippen LogP contribution is 2.35. The van der Waals surface area contributed by atoms with Crippen LogP contribution < -0.4 is 10.2 Å². The average molecular weight is 310 g/mol. The average Bonchev–Trinajstić information content (AvgIpc) is 2.70. The molecule has 1 aliphatic rings. The summed E-state index contributed by atoms with van der Waals surface area (Å²) < 4.78 is 0. The van der Waals surface area contributed by atoms with Gasteiger partial charge in [-0.2, -0.15) is 0 Å². The Kier molecular flexibility index (Phi) is 4.85. The van der Waals surface area contributed by atoms with Crippen molar-refractivity contribution >= 4 is 34.7 Å². The third kappa shape index (κ3) is 3.36. The number of fused-ring (bicyclic) bond motifs is 1. The molecule has 1 amide bonds. The molecule has 1 aromatic carbocycles. The summed E-state index contributed by atoms with van der Waals surface area (Å²) in [5.74, 6) is -1.11. The zero-order valence-corrected chi connectivity index (χ0v) is 13.3. The van der Waals surface area contributed by atoms with Crippen molar-refractivity contribution in [3.05, 3.63) is 22.7 Å². The summed E-state index contributed by atoms with van der Waals surface area (Å²) in [6.07, 6.45) is 1.01. The van der Waals surface area contributed by atoms with Crippen LogP contribution in [0.2, 0.25) is 5.02 Å². The van der Waals surface area contributed by atoms with Gasteiger partial charge in [0.25, 0.3) is 11.7 Å². The molecule has 0 unspecified atom stereocenters. The molecule has 1 N–H and O–H groups in total. The maximum absolute atomic E-state index is 11.7. The summed E-state index contributed by atoms with van der Waals surface area (Å²) in [6.45, 7) is 4.74. The van der Waals surface area contributed by atoms with E-state index >= 15 is 0 Å². The van der Waals surface area contributed by atoms with Gasteiger partial charge in [-0.3, -0.25) is 9.59 Å². The van der Waals surface area contributed by atoms with E-state index in [4.69, 9.17) is 11.6 Å². The van der Waals surface area contributed by atoms with Gasteiger partial charge >= 0.3 is 0 Å². The van der Waals surface area contributed by atoms with Crippen LogP contribution in [0.4, 0.5) is 11.4 Å². The number of rotatable bonds is 6. The molecule has 0 fully saturated rings. The molecule has 1 aliphatic heterocycles. The van der Waals surface area contributed by atoms with E-state index in [0.717, 1.165) is 31.7 Å². The number of nitrogens with one attached hydrogen (secondary N) is 1. The number of carbonyl (C=O) groups is 2. The molecular formula is C15H20ClN3O2. The first-order valence-electron chi connectivity index (χ1n) is 7.03. The summed E-state index contributed by atoms with van der Waals surface area (Å²) >= 11 is 6.29. The van der Waals surface area contributed by atoms with E-state index in [1.54, 1.807) is 12.1 Å². The van der Waals surface area contributed by atoms with Crippen molar-refractivity contribution in [3.8, 4) is 0 Å². The van der Waals surface area contributed by atoms with Crippen LogP contribution in [0, 0.1) is 0 Å². The van der Waals surface area contributed by atoms with E-state index in [-0.39, 0.29) is 0 Å². The second-order valence-electron chi connectivity index (χ2n) is 5.37. The molecule has 0 aliphatic carbocycles. The van der Waals surface area contributed by atoms with Gasteiger partial charge in [-0.05, 0) is 46.1 Å². The largest absolute Gasteiger partial charge is 0.371 e. The maximum atomic E-state index is 11.7. The lowest BCUT2D eigenvalue weighted by Crippen LogP contribution is -2.27. The number of Topliss-reactive ketones (excluding diaryl/α,β-unsaturated/α-hetero) is 1. The molecule has 0 saturated heterocycles. The molecule has 114 valence electrons. The first-order chi connectivity index (χ1) is 9.93. The van der Waals surface area contributed by atoms with Crippen molar-refractivity contribution in [2.24, 2.45) is 0 Å². The second kappa shape index (κ2) is 6.45. The molecule has 21 heavy (non-hydrogen) atoms. The molecule has 5 nitrogen and oxygen atoms in total. The minimum Gasteiger partial charge on any atom is -0.371 e. The molecule has 0 spiro atoms. The minimum atomic E-state index is -0.589. The van der Waals surface area contributed by atoms with Gasteiger partial charge < -0.3 is 15.1 Å². The van der Waals surface area contributed by atoms with Gasteiger partial charge in [0.1, 0.15) is 0 Å². The monoisotopic (exact) mass is 309 g/mol. The fourth-order valence-corrected chi connectivity index (χ4v) is 2.71. The topological polar surface area (TPSA) is 52.7 Å². The standard InChI is InChI=1S/C15H20ClN3O2/c1-4-19(7-5-6-18(2)3)13-9-12-10(8-11(13)16)14(20)15(21)17-12/h8-9H,4-7H2,1-3H3,(H,17,20,21). The van der Waals surface area contributed by atoms with Crippen LogP contribution in [-0.2, 0) is 4.79 Å². The smallest absolute Gasteiger partial charge is 0.296 e. The highest BCUT2D eigenvalue weighted by molar-refractivity contribution is 6.52. The van der Waals surface area contributed by atoms with Gasteiger partial charge in [0.15, 0.2) is 0 Å². The summed E-state index contributed by atoms with van der Waals surface area (Å²) in [4.78, 5) is 27.4. The third-order valence-electron chi connectivity index (χ3n) is 3.54. The molecule has 0 atom stereocenters. The maximum Gasteiger partial charge on any atom is 0.296 e. The Labute approximate surface area is 129 Å². The third-order valence-corrected chi connectivity index (χ3v) is 3.84. The quantitative estimate of drug-likeness (QED) is 0.819. The number of hydrogen-bond acceptors (Lipinski definition) is 4. The molecule has 6 heteroatoms. The molecular weight excluding hydrogens is 290 g/mol. The van der Waals surface area contributed by atoms with E-state index in [0.29, 0.717) is 16.3 Å². The number of anilines is 2. The molecule has 0 aromatic heterocycles. The molecule has 0 radical (unpaired) electrons. The second-order valence-corrected chi connectivity index (χ2v) is 5.78. The number of ketones is 1. The Morgan fingerprint density at radius 1 is 1.19 bits per heavy atom. The van der Waals surface area contributed by atoms with E-state index < -0.39 is 11.7 Å². The Morgan fingerprint density at radius 2 is 1.90 bits per heavy atom. The predicted molar refractivity (Wildman–Crippen MR) is 85.5 cm³/mol. The number of carbonyl (C=O) groups excluding carboxylic acids is 2. The van der Waals surface area contributed by atoms with Gasteiger partial charge in [0, 0.05) is 13.1 Å². The normalized spacial score (nSPS) is 13.6. The van der Waals surface area contributed by atoms with E-state index in [1.807, 2.05) is 14.1 Å². The Morgan fingerprint density at radius 3 is 2.52 bits per heavy atom. The Bertz CT molecular complexity index is 572. The van der Waals surface area contributed by atoms with Crippen LogP contribution in [0.3, 0.4) is 0 Å². The first-order valence-corrected chi connectivity index (χ1v) is 7.40. The van der Waals surface area contributed by atoms with Crippen molar-refractivity contribution in [1.82, 2.24) is 4.90 Å². The van der Waals surface area contributed by atoms with Gasteiger partial charge in [0.05, 0.1) is 22.0 Å². The highest BCUT2D eigenvalue weighted by atomic mass is 35.5. The Hall–Kier alpha value is -1.59. The molecule has 0 bridgehead atoms. The SMILES string of the molecule is CCN(CCCN(C)C)c1cc2c(cc1Cl)C(=O)C(=O)N2. The van der Waals surface area contributed by atoms with Gasteiger partial charge in [-0.1, -0.05) is 11.6 Å². The van der Waals surface area contributed by atoms with Crippen LogP contribution in [0.25, 0.3) is 0 Å². The highest BCUT2D eigenvalue weighted by Gasteiger charge is 2.29. The lowest BCUT2D eigenvalue weighted by atomic mass is 10.1. The van der Waals surface area contributed by atoms with Crippen LogP contribution >= 0.6 is 11.6 Å². The van der Waals surface area contributed by atoms with Gasteiger partial charge in [0.2, 0.25) is 0 Å². The van der Waals surface area contributed by atoms with Crippen LogP contribution in [0.15, 0.2) is 12.1 Å². The van der Waals surface area contributed by atoms with Gasteiger partial charge in [-0.15, -0.1) is 0 Å². The predicted octanol–water partition coefficient (Wildman–Crippen LogP) is 2.25. The van der Waals surface area contributed by atoms with Crippen molar-refractivity contribution < 1.29 is 9.59 Å². The van der Waals surface area contributed by atoms with Crippen LogP contribution in [-0.4, -0.2) is 50.3 Å². The molecule has 1 heterocycles. The van der Waals surface area contributed by atoms with Crippen molar-refractivity contribution in [2.45, 2.75) is 13.3 Å². The van der Waals surface area contributed by atoms with Crippen molar-refractivity contribution in [2.75, 3.05) is 43.9 Å². The fourth-order valence-electron chi connectivity index (χ4n) is 2.42. The fraction of sp³-hybridized carbons (Fsp3) is 0.467. The van der Waals surface area contributed by atoms with Crippen LogP contribution in [0.5, 0.6) is 0 Å². The first kappa shape index (κ1) is 15.8. The number of benzene rings is 1. The molecule has 1 aromatic rings. The number of hydrogen-bond donors (Lipinski definition) is 1. The van der Waals surface area contributed by atoms with Gasteiger partial charge in [-0.25, -0.2) is 0 Å². The van der Waals surface area contributed by atoms with E-state index in [9.17, 15) is 9.59 Å². The molecule has 0 saturated carbocycles. The Balaban J connectivity index is 2.21. The number of amides is 1. The summed E-state index contributed by atoms with van der Waals surface area (Å²) in [5.41, 5.74) is 1.76. The summed E-state index contributed by atoms with van der Waals surface area (Å²) in [7, 11) is 4.08. The van der Waals surface area contributed by atoms with E-state index in [1.165, 1.54) is 0 Å². The zero-order valence-electron chi connectivity index (χ0n) is 12.6. The van der Waals surface area contributed by atoms with Crippen LogP contribution in [0.1, 0.15) is 23.7 Å². The zero-order chi connectivity index (χ0) is 15.6.